The van der Waals surface area contributed by atoms with Gasteiger partial charge in [0.15, 0.2) is 5.82 Å². The van der Waals surface area contributed by atoms with Gasteiger partial charge in [0, 0.05) is 19.5 Å². The molecule has 0 radical (unpaired) electrons. The SMILES string of the molecule is COC(c1ccccc1)c1ncccn1. The maximum absolute atomic E-state index is 5.40. The molecule has 1 atom stereocenters. The average molecular weight is 200 g/mol. The van der Waals surface area contributed by atoms with E-state index in [1.54, 1.807) is 25.6 Å². The van der Waals surface area contributed by atoms with Crippen LogP contribution in [0.15, 0.2) is 48.8 Å². The fourth-order valence-corrected chi connectivity index (χ4v) is 1.46. The Morgan fingerprint density at radius 2 is 1.67 bits per heavy atom. The first-order chi connectivity index (χ1) is 7.42. The Morgan fingerprint density at radius 1 is 1.00 bits per heavy atom. The van der Waals surface area contributed by atoms with Crippen molar-refractivity contribution in [3.63, 3.8) is 0 Å². The Labute approximate surface area is 88.8 Å². The fourth-order valence-electron chi connectivity index (χ4n) is 1.46. The summed E-state index contributed by atoms with van der Waals surface area (Å²) in [5.74, 6) is 0.686. The smallest absolute Gasteiger partial charge is 0.161 e. The van der Waals surface area contributed by atoms with Gasteiger partial charge in [-0.15, -0.1) is 0 Å². The Balaban J connectivity index is 2.34. The predicted octanol–water partition coefficient (Wildman–Crippen LogP) is 2.21. The summed E-state index contributed by atoms with van der Waals surface area (Å²) in [5, 5.41) is 0. The molecule has 0 aliphatic heterocycles. The fraction of sp³-hybridized carbons (Fsp3) is 0.167. The number of methoxy groups -OCH3 is 1. The van der Waals surface area contributed by atoms with E-state index < -0.39 is 0 Å². The first-order valence-corrected chi connectivity index (χ1v) is 4.76. The molecule has 0 aliphatic carbocycles. The Bertz CT molecular complexity index is 363. The summed E-state index contributed by atoms with van der Waals surface area (Å²) < 4.78 is 5.40. The van der Waals surface area contributed by atoms with Crippen LogP contribution in [0.5, 0.6) is 0 Å². The zero-order valence-electron chi connectivity index (χ0n) is 8.50. The lowest BCUT2D eigenvalue weighted by Gasteiger charge is -2.13. The van der Waals surface area contributed by atoms with Crippen LogP contribution in [0.3, 0.4) is 0 Å². The molecule has 0 saturated heterocycles. The van der Waals surface area contributed by atoms with Crippen molar-refractivity contribution in [3.8, 4) is 0 Å². The number of hydrogen-bond acceptors (Lipinski definition) is 3. The van der Waals surface area contributed by atoms with Crippen molar-refractivity contribution in [2.24, 2.45) is 0 Å². The zero-order chi connectivity index (χ0) is 10.5. The van der Waals surface area contributed by atoms with E-state index in [1.807, 2.05) is 30.3 Å². The number of rotatable bonds is 3. The van der Waals surface area contributed by atoms with E-state index in [9.17, 15) is 0 Å². The molecule has 0 aliphatic rings. The molecule has 2 rings (SSSR count). The standard InChI is InChI=1S/C12H12N2O/c1-15-11(10-6-3-2-4-7-10)12-13-8-5-9-14-12/h2-9,11H,1H3. The van der Waals surface area contributed by atoms with Crippen LogP contribution in [0, 0.1) is 0 Å². The second-order valence-electron chi connectivity index (χ2n) is 3.13. The quantitative estimate of drug-likeness (QED) is 0.762. The van der Waals surface area contributed by atoms with Gasteiger partial charge >= 0.3 is 0 Å². The van der Waals surface area contributed by atoms with Crippen LogP contribution < -0.4 is 0 Å². The normalized spacial score (nSPS) is 12.3. The predicted molar refractivity (Wildman–Crippen MR) is 57.3 cm³/mol. The van der Waals surface area contributed by atoms with Gasteiger partial charge in [-0.2, -0.15) is 0 Å². The Kier molecular flexibility index (Phi) is 3.05. The van der Waals surface area contributed by atoms with Gasteiger partial charge in [-0.05, 0) is 11.6 Å². The van der Waals surface area contributed by atoms with E-state index in [2.05, 4.69) is 9.97 Å². The summed E-state index contributed by atoms with van der Waals surface area (Å²) in [6, 6.07) is 11.7. The minimum absolute atomic E-state index is 0.188. The van der Waals surface area contributed by atoms with Crippen molar-refractivity contribution < 1.29 is 4.74 Å². The number of hydrogen-bond donors (Lipinski definition) is 0. The molecule has 0 saturated carbocycles. The van der Waals surface area contributed by atoms with Crippen molar-refractivity contribution in [2.45, 2.75) is 6.10 Å². The third-order valence-electron chi connectivity index (χ3n) is 2.16. The lowest BCUT2D eigenvalue weighted by atomic mass is 10.1. The minimum Gasteiger partial charge on any atom is -0.369 e. The van der Waals surface area contributed by atoms with Crippen molar-refractivity contribution in [3.05, 3.63) is 60.2 Å². The van der Waals surface area contributed by atoms with Crippen LogP contribution in [0.1, 0.15) is 17.5 Å². The molecule has 0 spiro atoms. The van der Waals surface area contributed by atoms with Gasteiger partial charge in [0.25, 0.3) is 0 Å². The minimum atomic E-state index is -0.188. The van der Waals surface area contributed by atoms with Crippen molar-refractivity contribution in [2.75, 3.05) is 7.11 Å². The van der Waals surface area contributed by atoms with E-state index in [-0.39, 0.29) is 6.10 Å². The van der Waals surface area contributed by atoms with Gasteiger partial charge in [-0.1, -0.05) is 30.3 Å². The monoisotopic (exact) mass is 200 g/mol. The largest absolute Gasteiger partial charge is 0.369 e. The highest BCUT2D eigenvalue weighted by molar-refractivity contribution is 5.22. The van der Waals surface area contributed by atoms with Crippen LogP contribution in [0.2, 0.25) is 0 Å². The summed E-state index contributed by atoms with van der Waals surface area (Å²) in [4.78, 5) is 8.38. The van der Waals surface area contributed by atoms with Gasteiger partial charge < -0.3 is 4.74 Å². The van der Waals surface area contributed by atoms with Gasteiger partial charge in [0.05, 0.1) is 0 Å². The highest BCUT2D eigenvalue weighted by atomic mass is 16.5. The molecule has 0 bridgehead atoms. The topological polar surface area (TPSA) is 35.0 Å². The molecular weight excluding hydrogens is 188 g/mol. The third kappa shape index (κ3) is 2.19. The molecule has 1 unspecified atom stereocenters. The molecule has 3 heteroatoms. The first-order valence-electron chi connectivity index (χ1n) is 4.76. The van der Waals surface area contributed by atoms with Gasteiger partial charge in [0.1, 0.15) is 6.10 Å². The lowest BCUT2D eigenvalue weighted by Crippen LogP contribution is -2.07. The highest BCUT2D eigenvalue weighted by Gasteiger charge is 2.14. The molecule has 3 nitrogen and oxygen atoms in total. The van der Waals surface area contributed by atoms with E-state index >= 15 is 0 Å². The number of benzene rings is 1. The van der Waals surface area contributed by atoms with Crippen LogP contribution in [-0.2, 0) is 4.74 Å². The number of ether oxygens (including phenoxy) is 1. The van der Waals surface area contributed by atoms with Gasteiger partial charge in [-0.25, -0.2) is 9.97 Å². The molecule has 0 N–H and O–H groups in total. The summed E-state index contributed by atoms with van der Waals surface area (Å²) >= 11 is 0. The zero-order valence-corrected chi connectivity index (χ0v) is 8.50. The molecule has 0 amide bonds. The number of aromatic nitrogens is 2. The van der Waals surface area contributed by atoms with Crippen LogP contribution >= 0.6 is 0 Å². The van der Waals surface area contributed by atoms with E-state index in [1.165, 1.54) is 0 Å². The molecule has 76 valence electrons. The average Bonchev–Trinajstić information content (AvgIpc) is 2.33. The Morgan fingerprint density at radius 3 is 2.27 bits per heavy atom. The molecule has 15 heavy (non-hydrogen) atoms. The summed E-state index contributed by atoms with van der Waals surface area (Å²) in [7, 11) is 1.66. The molecule has 2 aromatic rings. The second-order valence-corrected chi connectivity index (χ2v) is 3.13. The van der Waals surface area contributed by atoms with E-state index in [0.29, 0.717) is 5.82 Å². The molecule has 1 heterocycles. The van der Waals surface area contributed by atoms with Crippen LogP contribution in [0.25, 0.3) is 0 Å². The first kappa shape index (κ1) is 9.80. The van der Waals surface area contributed by atoms with Crippen LogP contribution in [0.4, 0.5) is 0 Å². The van der Waals surface area contributed by atoms with E-state index in [4.69, 9.17) is 4.74 Å². The maximum Gasteiger partial charge on any atom is 0.161 e. The molecule has 1 aromatic carbocycles. The third-order valence-corrected chi connectivity index (χ3v) is 2.16. The molecular formula is C12H12N2O. The summed E-state index contributed by atoms with van der Waals surface area (Å²) in [6.07, 6.45) is 3.25. The van der Waals surface area contributed by atoms with Crippen molar-refractivity contribution in [1.82, 2.24) is 9.97 Å². The molecule has 0 fully saturated rings. The maximum atomic E-state index is 5.40. The summed E-state index contributed by atoms with van der Waals surface area (Å²) in [6.45, 7) is 0. The van der Waals surface area contributed by atoms with Gasteiger partial charge in [-0.3, -0.25) is 0 Å². The van der Waals surface area contributed by atoms with E-state index in [0.717, 1.165) is 5.56 Å². The van der Waals surface area contributed by atoms with Crippen molar-refractivity contribution >= 4 is 0 Å². The number of nitrogens with zero attached hydrogens (tertiary/aromatic N) is 2. The summed E-state index contributed by atoms with van der Waals surface area (Å²) in [5.41, 5.74) is 1.06. The second kappa shape index (κ2) is 4.66. The Hall–Kier alpha value is -1.74. The highest BCUT2D eigenvalue weighted by Crippen LogP contribution is 2.21. The van der Waals surface area contributed by atoms with Gasteiger partial charge in [0.2, 0.25) is 0 Å². The van der Waals surface area contributed by atoms with Crippen molar-refractivity contribution in [1.29, 1.82) is 0 Å². The lowest BCUT2D eigenvalue weighted by molar-refractivity contribution is 0.129. The van der Waals surface area contributed by atoms with Crippen LogP contribution in [-0.4, -0.2) is 17.1 Å². The molecule has 1 aromatic heterocycles.